The number of aliphatic carboxylic acids is 1. The number of carboxylic acids is 1. The van der Waals surface area contributed by atoms with Crippen LogP contribution in [-0.4, -0.2) is 41.5 Å². The molecule has 0 aromatic heterocycles. The molecular formula is C12H19NO5. The van der Waals surface area contributed by atoms with E-state index in [2.05, 4.69) is 5.32 Å². The Labute approximate surface area is 106 Å². The molecular weight excluding hydrogens is 238 g/mol. The summed E-state index contributed by atoms with van der Waals surface area (Å²) in [5, 5.41) is 11.4. The molecule has 1 aliphatic rings. The molecule has 6 nitrogen and oxygen atoms in total. The first-order valence-electron chi connectivity index (χ1n) is 5.70. The Morgan fingerprint density at radius 1 is 1.56 bits per heavy atom. The lowest BCUT2D eigenvalue weighted by molar-refractivity contribution is -0.142. The van der Waals surface area contributed by atoms with E-state index >= 15 is 0 Å². The SMILES string of the molecule is CC1=C[C@H]([C@H](NC(=O)OC(C)(C)C)C(=O)O)OC1. The van der Waals surface area contributed by atoms with E-state index in [1.807, 2.05) is 6.92 Å². The van der Waals surface area contributed by atoms with Gasteiger partial charge in [-0.15, -0.1) is 0 Å². The maximum Gasteiger partial charge on any atom is 0.408 e. The highest BCUT2D eigenvalue weighted by Crippen LogP contribution is 2.15. The van der Waals surface area contributed by atoms with Crippen molar-refractivity contribution in [2.75, 3.05) is 6.61 Å². The maximum absolute atomic E-state index is 11.5. The lowest BCUT2D eigenvalue weighted by Crippen LogP contribution is -2.49. The molecule has 0 aromatic rings. The molecule has 0 aliphatic carbocycles. The average Bonchev–Trinajstić information content (AvgIpc) is 2.57. The summed E-state index contributed by atoms with van der Waals surface area (Å²) in [5.41, 5.74) is 0.271. The quantitative estimate of drug-likeness (QED) is 0.745. The van der Waals surface area contributed by atoms with Crippen molar-refractivity contribution in [1.82, 2.24) is 5.32 Å². The van der Waals surface area contributed by atoms with Crippen LogP contribution in [0.5, 0.6) is 0 Å². The molecule has 0 saturated carbocycles. The zero-order chi connectivity index (χ0) is 13.9. The molecule has 1 heterocycles. The third-order valence-electron chi connectivity index (χ3n) is 2.22. The summed E-state index contributed by atoms with van der Waals surface area (Å²) < 4.78 is 10.3. The fraction of sp³-hybridized carbons (Fsp3) is 0.667. The van der Waals surface area contributed by atoms with Crippen LogP contribution in [0.15, 0.2) is 11.6 Å². The van der Waals surface area contributed by atoms with E-state index in [9.17, 15) is 9.59 Å². The van der Waals surface area contributed by atoms with Crippen molar-refractivity contribution < 1.29 is 24.2 Å². The van der Waals surface area contributed by atoms with Crippen LogP contribution in [0.3, 0.4) is 0 Å². The predicted octanol–water partition coefficient (Wildman–Crippen LogP) is 1.31. The summed E-state index contributed by atoms with van der Waals surface area (Å²) in [6.07, 6.45) is 0.266. The third kappa shape index (κ3) is 4.37. The largest absolute Gasteiger partial charge is 0.480 e. The minimum atomic E-state index is -1.16. The minimum absolute atomic E-state index is 0.379. The van der Waals surface area contributed by atoms with Crippen LogP contribution >= 0.6 is 0 Å². The summed E-state index contributed by atoms with van der Waals surface area (Å²) in [7, 11) is 0. The van der Waals surface area contributed by atoms with Crippen LogP contribution in [0.2, 0.25) is 0 Å². The molecule has 102 valence electrons. The second-order valence-corrected chi connectivity index (χ2v) is 5.25. The number of hydrogen-bond donors (Lipinski definition) is 2. The van der Waals surface area contributed by atoms with E-state index in [0.717, 1.165) is 5.57 Å². The summed E-state index contributed by atoms with van der Waals surface area (Å²) in [6, 6.07) is -1.14. The Balaban J connectivity index is 2.65. The summed E-state index contributed by atoms with van der Waals surface area (Å²) >= 11 is 0. The molecule has 2 N–H and O–H groups in total. The van der Waals surface area contributed by atoms with Gasteiger partial charge in [-0.05, 0) is 33.3 Å². The molecule has 2 atom stereocenters. The summed E-state index contributed by atoms with van der Waals surface area (Å²) in [5.74, 6) is -1.16. The molecule has 0 unspecified atom stereocenters. The van der Waals surface area contributed by atoms with Gasteiger partial charge in [0.25, 0.3) is 0 Å². The van der Waals surface area contributed by atoms with Crippen molar-refractivity contribution in [3.05, 3.63) is 11.6 Å². The standard InChI is InChI=1S/C12H19NO5/c1-7-5-8(17-6-7)9(10(14)15)13-11(16)18-12(2,3)4/h5,8-9H,6H2,1-4H3,(H,13,16)(H,14,15)/t8-,9+/m1/s1. The van der Waals surface area contributed by atoms with Crippen LogP contribution < -0.4 is 5.32 Å². The second-order valence-electron chi connectivity index (χ2n) is 5.25. The highest BCUT2D eigenvalue weighted by atomic mass is 16.6. The number of hydrogen-bond acceptors (Lipinski definition) is 4. The van der Waals surface area contributed by atoms with E-state index in [4.69, 9.17) is 14.6 Å². The van der Waals surface area contributed by atoms with Gasteiger partial charge in [-0.2, -0.15) is 0 Å². The topological polar surface area (TPSA) is 84.9 Å². The summed E-state index contributed by atoms with van der Waals surface area (Å²) in [6.45, 7) is 7.34. The molecule has 0 spiro atoms. The normalized spacial score (nSPS) is 21.1. The van der Waals surface area contributed by atoms with Gasteiger partial charge < -0.3 is 19.9 Å². The molecule has 0 saturated heterocycles. The van der Waals surface area contributed by atoms with Gasteiger partial charge in [0.2, 0.25) is 0 Å². The van der Waals surface area contributed by atoms with Crippen molar-refractivity contribution in [3.8, 4) is 0 Å². The van der Waals surface area contributed by atoms with E-state index in [1.165, 1.54) is 0 Å². The Kier molecular flexibility index (Phi) is 4.34. The number of nitrogens with one attached hydrogen (secondary N) is 1. The third-order valence-corrected chi connectivity index (χ3v) is 2.22. The van der Waals surface area contributed by atoms with Crippen molar-refractivity contribution in [2.45, 2.75) is 45.4 Å². The summed E-state index contributed by atoms with van der Waals surface area (Å²) in [4.78, 5) is 22.7. The van der Waals surface area contributed by atoms with Crippen molar-refractivity contribution >= 4 is 12.1 Å². The Hall–Kier alpha value is -1.56. The van der Waals surface area contributed by atoms with Gasteiger partial charge in [0.15, 0.2) is 6.04 Å². The molecule has 1 aliphatic heterocycles. The highest BCUT2D eigenvalue weighted by molar-refractivity contribution is 5.81. The molecule has 6 heteroatoms. The molecule has 1 rings (SSSR count). The van der Waals surface area contributed by atoms with Gasteiger partial charge in [-0.3, -0.25) is 0 Å². The number of carbonyl (C=O) groups excluding carboxylic acids is 1. The zero-order valence-corrected chi connectivity index (χ0v) is 11.0. The Morgan fingerprint density at radius 2 is 2.17 bits per heavy atom. The first kappa shape index (κ1) is 14.5. The number of amides is 1. The molecule has 18 heavy (non-hydrogen) atoms. The van der Waals surface area contributed by atoms with Gasteiger partial charge in [0, 0.05) is 0 Å². The second kappa shape index (κ2) is 5.39. The van der Waals surface area contributed by atoms with Gasteiger partial charge in [0.05, 0.1) is 6.61 Å². The number of rotatable bonds is 3. The van der Waals surface area contributed by atoms with E-state index in [-0.39, 0.29) is 0 Å². The molecule has 0 aromatic carbocycles. The van der Waals surface area contributed by atoms with Crippen LogP contribution in [0.4, 0.5) is 4.79 Å². The van der Waals surface area contributed by atoms with Gasteiger partial charge in [-0.1, -0.05) is 6.08 Å². The van der Waals surface area contributed by atoms with Crippen molar-refractivity contribution in [1.29, 1.82) is 0 Å². The molecule has 1 amide bonds. The number of ether oxygens (including phenoxy) is 2. The first-order valence-corrected chi connectivity index (χ1v) is 5.70. The van der Waals surface area contributed by atoms with E-state index < -0.39 is 29.8 Å². The lowest BCUT2D eigenvalue weighted by Gasteiger charge is -2.23. The van der Waals surface area contributed by atoms with Gasteiger partial charge in [0.1, 0.15) is 11.7 Å². The highest BCUT2D eigenvalue weighted by Gasteiger charge is 2.33. The van der Waals surface area contributed by atoms with Gasteiger partial charge in [-0.25, -0.2) is 9.59 Å². The van der Waals surface area contributed by atoms with Crippen molar-refractivity contribution in [3.63, 3.8) is 0 Å². The minimum Gasteiger partial charge on any atom is -0.480 e. The molecule has 0 fully saturated rings. The number of carboxylic acid groups (broad SMARTS) is 1. The monoisotopic (exact) mass is 257 g/mol. The van der Waals surface area contributed by atoms with Crippen LogP contribution in [0, 0.1) is 0 Å². The molecule has 0 bridgehead atoms. The van der Waals surface area contributed by atoms with Crippen LogP contribution in [0.1, 0.15) is 27.7 Å². The number of carbonyl (C=O) groups is 2. The van der Waals surface area contributed by atoms with E-state index in [1.54, 1.807) is 26.8 Å². The molecule has 0 radical (unpaired) electrons. The zero-order valence-electron chi connectivity index (χ0n) is 11.0. The fourth-order valence-electron chi connectivity index (χ4n) is 1.52. The van der Waals surface area contributed by atoms with Crippen molar-refractivity contribution in [2.24, 2.45) is 0 Å². The smallest absolute Gasteiger partial charge is 0.408 e. The Bertz CT molecular complexity index is 369. The van der Waals surface area contributed by atoms with Crippen LogP contribution in [-0.2, 0) is 14.3 Å². The number of alkyl carbamates (subject to hydrolysis) is 1. The van der Waals surface area contributed by atoms with Gasteiger partial charge >= 0.3 is 12.1 Å². The lowest BCUT2D eigenvalue weighted by atomic mass is 10.1. The maximum atomic E-state index is 11.5. The van der Waals surface area contributed by atoms with Crippen LogP contribution in [0.25, 0.3) is 0 Å². The average molecular weight is 257 g/mol. The predicted molar refractivity (Wildman–Crippen MR) is 64.3 cm³/mol. The fourth-order valence-corrected chi connectivity index (χ4v) is 1.52. The first-order chi connectivity index (χ1) is 8.19. The van der Waals surface area contributed by atoms with E-state index in [0.29, 0.717) is 6.61 Å². The Morgan fingerprint density at radius 3 is 2.56 bits per heavy atom.